The molecule has 0 amide bonds. The van der Waals surface area contributed by atoms with Gasteiger partial charge in [0.15, 0.2) is 0 Å². The maximum atomic E-state index is 13.5. The summed E-state index contributed by atoms with van der Waals surface area (Å²) in [4.78, 5) is 0.863. The second-order valence-electron chi connectivity index (χ2n) is 3.37. The van der Waals surface area contributed by atoms with Crippen LogP contribution in [0.25, 0.3) is 0 Å². The molecule has 0 aliphatic rings. The minimum atomic E-state index is -0.254. The summed E-state index contributed by atoms with van der Waals surface area (Å²) in [5, 5.41) is 3.71. The van der Waals surface area contributed by atoms with E-state index in [9.17, 15) is 4.39 Å². The maximum Gasteiger partial charge on any atom is 0.127 e. The van der Waals surface area contributed by atoms with Crippen molar-refractivity contribution in [1.29, 1.82) is 0 Å². The van der Waals surface area contributed by atoms with Crippen molar-refractivity contribution >= 4 is 27.5 Å². The summed E-state index contributed by atoms with van der Waals surface area (Å²) in [5.41, 5.74) is 6.53. The largest absolute Gasteiger partial charge is 0.323 e. The topological polar surface area (TPSA) is 51.8 Å². The Balaban J connectivity index is 2.15. The molecule has 0 aliphatic heterocycles. The smallest absolute Gasteiger partial charge is 0.127 e. The summed E-state index contributed by atoms with van der Waals surface area (Å²) < 4.78 is 18.0. The summed E-state index contributed by atoms with van der Waals surface area (Å²) in [6.07, 6.45) is 2.06. The van der Waals surface area contributed by atoms with Gasteiger partial charge in [-0.1, -0.05) is 26.5 Å². The van der Waals surface area contributed by atoms with E-state index >= 15 is 0 Å². The highest BCUT2D eigenvalue weighted by atomic mass is 79.9. The molecule has 0 radical (unpaired) electrons. The van der Waals surface area contributed by atoms with Crippen molar-refractivity contribution in [3.8, 4) is 0 Å². The Kier molecular flexibility index (Phi) is 3.63. The molecule has 0 aliphatic carbocycles. The van der Waals surface area contributed by atoms with Crippen molar-refractivity contribution in [2.75, 3.05) is 0 Å². The van der Waals surface area contributed by atoms with Crippen LogP contribution in [-0.2, 0) is 6.42 Å². The van der Waals surface area contributed by atoms with Gasteiger partial charge in [0, 0.05) is 10.5 Å². The van der Waals surface area contributed by atoms with Gasteiger partial charge in [0.25, 0.3) is 0 Å². The van der Waals surface area contributed by atoms with Crippen LogP contribution in [0.4, 0.5) is 4.39 Å². The van der Waals surface area contributed by atoms with Gasteiger partial charge in [0.2, 0.25) is 0 Å². The molecule has 1 aromatic carbocycles. The number of hydrogen-bond donors (Lipinski definition) is 1. The number of rotatable bonds is 3. The second-order valence-corrected chi connectivity index (χ2v) is 5.10. The normalized spacial score (nSPS) is 12.7. The van der Waals surface area contributed by atoms with Gasteiger partial charge in [-0.15, -0.1) is 5.10 Å². The molecule has 16 heavy (non-hydrogen) atoms. The van der Waals surface area contributed by atoms with E-state index in [1.807, 2.05) is 0 Å². The van der Waals surface area contributed by atoms with Crippen LogP contribution in [0.2, 0.25) is 0 Å². The van der Waals surface area contributed by atoms with Crippen molar-refractivity contribution in [3.05, 3.63) is 45.1 Å². The van der Waals surface area contributed by atoms with Crippen LogP contribution >= 0.6 is 27.5 Å². The fourth-order valence-corrected chi connectivity index (χ4v) is 2.20. The second kappa shape index (κ2) is 4.99. The third-order valence-corrected chi connectivity index (χ3v) is 3.49. The molecule has 2 aromatic rings. The standard InChI is InChI=1S/C10H9BrFN3S/c11-7-2-1-6(8(12)4-7)3-9(13)10-5-14-15-16-10/h1-2,4-5,9H,3,13H2. The van der Waals surface area contributed by atoms with E-state index < -0.39 is 0 Å². The van der Waals surface area contributed by atoms with Gasteiger partial charge in [-0.05, 0) is 35.6 Å². The lowest BCUT2D eigenvalue weighted by Crippen LogP contribution is -2.12. The molecule has 0 fully saturated rings. The molecule has 2 N–H and O–H groups in total. The molecule has 6 heteroatoms. The molecular weight excluding hydrogens is 293 g/mol. The van der Waals surface area contributed by atoms with Gasteiger partial charge in [0.1, 0.15) is 5.82 Å². The molecule has 1 unspecified atom stereocenters. The Labute approximate surface area is 105 Å². The highest BCUT2D eigenvalue weighted by molar-refractivity contribution is 9.10. The lowest BCUT2D eigenvalue weighted by molar-refractivity contribution is 0.594. The number of hydrogen-bond acceptors (Lipinski definition) is 4. The predicted octanol–water partition coefficient (Wildman–Crippen LogP) is 2.68. The lowest BCUT2D eigenvalue weighted by atomic mass is 10.1. The quantitative estimate of drug-likeness (QED) is 0.948. The van der Waals surface area contributed by atoms with E-state index in [0.717, 1.165) is 9.35 Å². The zero-order valence-electron chi connectivity index (χ0n) is 8.23. The summed E-state index contributed by atoms with van der Waals surface area (Å²) in [7, 11) is 0. The van der Waals surface area contributed by atoms with Crippen LogP contribution in [0.1, 0.15) is 16.5 Å². The van der Waals surface area contributed by atoms with E-state index in [-0.39, 0.29) is 11.9 Å². The number of aromatic nitrogens is 2. The van der Waals surface area contributed by atoms with Gasteiger partial charge < -0.3 is 5.73 Å². The summed E-state index contributed by atoms with van der Waals surface area (Å²) in [6, 6.07) is 4.72. The molecule has 2 rings (SSSR count). The molecule has 1 aromatic heterocycles. The summed E-state index contributed by atoms with van der Waals surface area (Å²) >= 11 is 4.45. The first-order valence-electron chi connectivity index (χ1n) is 4.63. The van der Waals surface area contributed by atoms with Crippen molar-refractivity contribution in [3.63, 3.8) is 0 Å². The molecule has 1 heterocycles. The van der Waals surface area contributed by atoms with Gasteiger partial charge in [-0.25, -0.2) is 4.39 Å². The number of benzene rings is 1. The Morgan fingerprint density at radius 3 is 2.94 bits per heavy atom. The van der Waals surface area contributed by atoms with Crippen molar-refractivity contribution < 1.29 is 4.39 Å². The fourth-order valence-electron chi connectivity index (χ4n) is 1.36. The Hall–Kier alpha value is -0.850. The van der Waals surface area contributed by atoms with Crippen LogP contribution in [0.3, 0.4) is 0 Å². The monoisotopic (exact) mass is 301 g/mol. The van der Waals surface area contributed by atoms with E-state index in [2.05, 4.69) is 25.5 Å². The molecule has 0 saturated carbocycles. The average molecular weight is 302 g/mol. The zero-order valence-corrected chi connectivity index (χ0v) is 10.6. The lowest BCUT2D eigenvalue weighted by Gasteiger charge is -2.09. The molecule has 1 atom stereocenters. The van der Waals surface area contributed by atoms with Gasteiger partial charge in [-0.2, -0.15) is 0 Å². The SMILES string of the molecule is NC(Cc1ccc(Br)cc1F)c1cnns1. The van der Waals surface area contributed by atoms with Gasteiger partial charge in [0.05, 0.1) is 11.1 Å². The van der Waals surface area contributed by atoms with Crippen LogP contribution in [0, 0.1) is 5.82 Å². The van der Waals surface area contributed by atoms with Crippen LogP contribution in [0.5, 0.6) is 0 Å². The third kappa shape index (κ3) is 2.63. The van der Waals surface area contributed by atoms with E-state index in [1.165, 1.54) is 17.6 Å². The molecule has 0 saturated heterocycles. The first kappa shape index (κ1) is 11.6. The van der Waals surface area contributed by atoms with E-state index in [1.54, 1.807) is 18.3 Å². The molecule has 84 valence electrons. The van der Waals surface area contributed by atoms with Gasteiger partial charge in [-0.3, -0.25) is 0 Å². The van der Waals surface area contributed by atoms with Crippen molar-refractivity contribution in [2.45, 2.75) is 12.5 Å². The number of halogens is 2. The summed E-state index contributed by atoms with van der Waals surface area (Å²) in [6.45, 7) is 0. The minimum absolute atomic E-state index is 0.248. The molecule has 3 nitrogen and oxygen atoms in total. The van der Waals surface area contributed by atoms with Crippen molar-refractivity contribution in [1.82, 2.24) is 9.59 Å². The van der Waals surface area contributed by atoms with Crippen LogP contribution in [0.15, 0.2) is 28.9 Å². The summed E-state index contributed by atoms with van der Waals surface area (Å²) in [5.74, 6) is -0.248. The van der Waals surface area contributed by atoms with Gasteiger partial charge >= 0.3 is 0 Å². The number of nitrogens with zero attached hydrogens (tertiary/aromatic N) is 2. The minimum Gasteiger partial charge on any atom is -0.323 e. The molecule has 0 bridgehead atoms. The van der Waals surface area contributed by atoms with Crippen molar-refractivity contribution in [2.24, 2.45) is 5.73 Å². The Morgan fingerprint density at radius 2 is 2.31 bits per heavy atom. The Bertz CT molecular complexity index is 475. The Morgan fingerprint density at radius 1 is 1.50 bits per heavy atom. The van der Waals surface area contributed by atoms with E-state index in [4.69, 9.17) is 5.73 Å². The predicted molar refractivity (Wildman–Crippen MR) is 64.6 cm³/mol. The van der Waals surface area contributed by atoms with E-state index in [0.29, 0.717) is 12.0 Å². The zero-order chi connectivity index (χ0) is 11.5. The molecular formula is C10H9BrFN3S. The number of nitrogens with two attached hydrogens (primary N) is 1. The third-order valence-electron chi connectivity index (χ3n) is 2.20. The highest BCUT2D eigenvalue weighted by Crippen LogP contribution is 2.21. The maximum absolute atomic E-state index is 13.5. The first-order chi connectivity index (χ1) is 7.66. The van der Waals surface area contributed by atoms with Crippen LogP contribution < -0.4 is 5.73 Å². The fraction of sp³-hybridized carbons (Fsp3) is 0.200. The van der Waals surface area contributed by atoms with Crippen LogP contribution in [-0.4, -0.2) is 9.59 Å². The highest BCUT2D eigenvalue weighted by Gasteiger charge is 2.12. The molecule has 0 spiro atoms. The first-order valence-corrected chi connectivity index (χ1v) is 6.20. The average Bonchev–Trinajstić information content (AvgIpc) is 2.75.